The van der Waals surface area contributed by atoms with Crippen LogP contribution in [-0.2, 0) is 11.2 Å². The molecule has 2 fully saturated rings. The van der Waals surface area contributed by atoms with Crippen LogP contribution in [-0.4, -0.2) is 41.2 Å². The van der Waals surface area contributed by atoms with E-state index in [9.17, 15) is 9.59 Å². The third-order valence-electron chi connectivity index (χ3n) is 5.13. The maximum absolute atomic E-state index is 12.1. The molecule has 3 amide bonds. The number of pyridine rings is 1. The van der Waals surface area contributed by atoms with Gasteiger partial charge in [-0.25, -0.2) is 9.31 Å². The van der Waals surface area contributed by atoms with Gasteiger partial charge in [-0.1, -0.05) is 0 Å². The van der Waals surface area contributed by atoms with Crippen molar-refractivity contribution in [2.45, 2.75) is 32.1 Å². The molecule has 0 saturated carbocycles. The summed E-state index contributed by atoms with van der Waals surface area (Å²) >= 11 is 0. The van der Waals surface area contributed by atoms with Crippen molar-refractivity contribution < 1.29 is 9.59 Å². The second-order valence-corrected chi connectivity index (χ2v) is 6.90. The Morgan fingerprint density at radius 3 is 3.04 bits per heavy atom. The number of urea groups is 1. The van der Waals surface area contributed by atoms with Gasteiger partial charge in [0.25, 0.3) is 0 Å². The summed E-state index contributed by atoms with van der Waals surface area (Å²) in [5, 5.41) is 10.2. The molecule has 2 aliphatic rings. The Morgan fingerprint density at radius 1 is 1.24 bits per heavy atom. The van der Waals surface area contributed by atoms with Gasteiger partial charge in [0.1, 0.15) is 0 Å². The third-order valence-corrected chi connectivity index (χ3v) is 5.13. The van der Waals surface area contributed by atoms with E-state index in [4.69, 9.17) is 0 Å². The molecule has 4 heterocycles. The van der Waals surface area contributed by atoms with E-state index in [1.165, 1.54) is 24.8 Å². The molecule has 0 aromatic carbocycles. The lowest BCUT2D eigenvalue weighted by atomic mass is 9.93. The van der Waals surface area contributed by atoms with Crippen molar-refractivity contribution in [2.24, 2.45) is 5.92 Å². The first-order valence-corrected chi connectivity index (χ1v) is 8.99. The number of carbonyl (C=O) groups excluding carboxylic acids is 2. The Labute approximate surface area is 146 Å². The largest absolute Gasteiger partial charge is 0.328 e. The van der Waals surface area contributed by atoms with Gasteiger partial charge in [-0.15, -0.1) is 0 Å². The molecular weight excluding hydrogens is 318 g/mol. The zero-order valence-electron chi connectivity index (χ0n) is 14.2. The molecule has 0 aliphatic carbocycles. The lowest BCUT2D eigenvalue weighted by molar-refractivity contribution is -0.120. The van der Waals surface area contributed by atoms with E-state index in [1.54, 1.807) is 15.6 Å². The van der Waals surface area contributed by atoms with Crippen LogP contribution in [0, 0.1) is 5.92 Å². The van der Waals surface area contributed by atoms with Gasteiger partial charge in [0.2, 0.25) is 5.91 Å². The molecule has 7 heteroatoms. The first-order valence-electron chi connectivity index (χ1n) is 8.99. The van der Waals surface area contributed by atoms with Crippen molar-refractivity contribution in [1.29, 1.82) is 0 Å². The van der Waals surface area contributed by atoms with Crippen LogP contribution in [0.25, 0.3) is 5.52 Å². The SMILES string of the molecule is O=C1CCN(c2cnn3ccc(CC4CCCNCC4)cc23)C(=O)N1. The molecule has 0 spiro atoms. The number of nitrogens with one attached hydrogen (secondary N) is 2. The zero-order chi connectivity index (χ0) is 17.2. The van der Waals surface area contributed by atoms with Crippen LogP contribution >= 0.6 is 0 Å². The predicted octanol–water partition coefficient (Wildman–Crippen LogP) is 1.71. The standard InChI is InChI=1S/C18H23N5O2/c24-17-5-8-22(18(25)21-17)16-12-20-23-9-4-14(11-15(16)23)10-13-2-1-6-19-7-3-13/h4,9,11-13,19H,1-3,5-8,10H2,(H,21,24,25). The van der Waals surface area contributed by atoms with E-state index in [0.717, 1.165) is 30.7 Å². The zero-order valence-corrected chi connectivity index (χ0v) is 14.2. The van der Waals surface area contributed by atoms with Crippen LogP contribution in [0.4, 0.5) is 10.5 Å². The van der Waals surface area contributed by atoms with Crippen LogP contribution in [0.5, 0.6) is 0 Å². The van der Waals surface area contributed by atoms with E-state index in [-0.39, 0.29) is 11.9 Å². The highest BCUT2D eigenvalue weighted by atomic mass is 16.2. The van der Waals surface area contributed by atoms with Gasteiger partial charge in [-0.3, -0.25) is 15.0 Å². The Hall–Kier alpha value is -2.41. The number of nitrogens with zero attached hydrogens (tertiary/aromatic N) is 3. The fraction of sp³-hybridized carbons (Fsp3) is 0.500. The van der Waals surface area contributed by atoms with Gasteiger partial charge < -0.3 is 5.32 Å². The summed E-state index contributed by atoms with van der Waals surface area (Å²) in [5.41, 5.74) is 2.94. The minimum Gasteiger partial charge on any atom is -0.317 e. The molecule has 2 aliphatic heterocycles. The van der Waals surface area contributed by atoms with Gasteiger partial charge in [0, 0.05) is 19.2 Å². The number of carbonyl (C=O) groups is 2. The summed E-state index contributed by atoms with van der Waals surface area (Å²) in [6.45, 7) is 2.60. The lowest BCUT2D eigenvalue weighted by Crippen LogP contribution is -2.49. The molecule has 0 bridgehead atoms. The Balaban J connectivity index is 1.59. The number of rotatable bonds is 3. The van der Waals surface area contributed by atoms with Gasteiger partial charge in [-0.2, -0.15) is 5.10 Å². The van der Waals surface area contributed by atoms with Crippen molar-refractivity contribution in [2.75, 3.05) is 24.5 Å². The van der Waals surface area contributed by atoms with Crippen LogP contribution in [0.1, 0.15) is 31.2 Å². The molecule has 2 aromatic rings. The van der Waals surface area contributed by atoms with Crippen molar-refractivity contribution in [1.82, 2.24) is 20.2 Å². The van der Waals surface area contributed by atoms with Gasteiger partial charge >= 0.3 is 6.03 Å². The maximum atomic E-state index is 12.1. The van der Waals surface area contributed by atoms with Crippen LogP contribution in [0.15, 0.2) is 24.5 Å². The number of hydrogen-bond acceptors (Lipinski definition) is 4. The van der Waals surface area contributed by atoms with E-state index < -0.39 is 0 Å². The number of imide groups is 1. The Morgan fingerprint density at radius 2 is 2.16 bits per heavy atom. The molecule has 7 nitrogen and oxygen atoms in total. The van der Waals surface area contributed by atoms with E-state index in [1.807, 2.05) is 6.20 Å². The van der Waals surface area contributed by atoms with Crippen molar-refractivity contribution in [3.8, 4) is 0 Å². The average molecular weight is 341 g/mol. The topological polar surface area (TPSA) is 78.7 Å². The lowest BCUT2D eigenvalue weighted by Gasteiger charge is -2.25. The van der Waals surface area contributed by atoms with Crippen molar-refractivity contribution >= 4 is 23.1 Å². The fourth-order valence-electron chi connectivity index (χ4n) is 3.77. The predicted molar refractivity (Wildman–Crippen MR) is 94.6 cm³/mol. The highest BCUT2D eigenvalue weighted by molar-refractivity contribution is 6.07. The minimum atomic E-state index is -0.369. The summed E-state index contributed by atoms with van der Waals surface area (Å²) in [6, 6.07) is 3.87. The molecule has 0 radical (unpaired) electrons. The molecule has 2 aromatic heterocycles. The summed E-state index contributed by atoms with van der Waals surface area (Å²) in [4.78, 5) is 25.1. The second kappa shape index (κ2) is 6.84. The molecule has 4 rings (SSSR count). The molecule has 1 unspecified atom stereocenters. The highest BCUT2D eigenvalue weighted by Gasteiger charge is 2.26. The van der Waals surface area contributed by atoms with E-state index in [0.29, 0.717) is 18.9 Å². The summed E-state index contributed by atoms with van der Waals surface area (Å²) < 4.78 is 1.79. The van der Waals surface area contributed by atoms with Crippen LogP contribution < -0.4 is 15.5 Å². The number of hydrogen-bond donors (Lipinski definition) is 2. The van der Waals surface area contributed by atoms with Gasteiger partial charge in [0.15, 0.2) is 0 Å². The third kappa shape index (κ3) is 3.37. The molecule has 2 saturated heterocycles. The maximum Gasteiger partial charge on any atom is 0.328 e. The first-order chi connectivity index (χ1) is 12.2. The number of anilines is 1. The number of amides is 3. The van der Waals surface area contributed by atoms with Crippen LogP contribution in [0.3, 0.4) is 0 Å². The molecule has 25 heavy (non-hydrogen) atoms. The summed E-state index contributed by atoms with van der Waals surface area (Å²) in [7, 11) is 0. The van der Waals surface area contributed by atoms with Gasteiger partial charge in [0.05, 0.1) is 17.4 Å². The van der Waals surface area contributed by atoms with E-state index >= 15 is 0 Å². The highest BCUT2D eigenvalue weighted by Crippen LogP contribution is 2.26. The fourth-order valence-corrected chi connectivity index (χ4v) is 3.77. The van der Waals surface area contributed by atoms with Gasteiger partial charge in [-0.05, 0) is 62.4 Å². The molecule has 1 atom stereocenters. The summed E-state index contributed by atoms with van der Waals surface area (Å²) in [6.07, 6.45) is 8.70. The van der Waals surface area contributed by atoms with Crippen LogP contribution in [0.2, 0.25) is 0 Å². The number of aromatic nitrogens is 2. The number of fused-ring (bicyclic) bond motifs is 1. The van der Waals surface area contributed by atoms with Crippen molar-refractivity contribution in [3.63, 3.8) is 0 Å². The average Bonchev–Trinajstić information content (AvgIpc) is 2.83. The molecular formula is C18H23N5O2. The smallest absolute Gasteiger partial charge is 0.317 e. The molecule has 132 valence electrons. The second-order valence-electron chi connectivity index (χ2n) is 6.90. The van der Waals surface area contributed by atoms with Crippen molar-refractivity contribution in [3.05, 3.63) is 30.1 Å². The summed E-state index contributed by atoms with van der Waals surface area (Å²) in [5.74, 6) is 0.472. The molecule has 2 N–H and O–H groups in total. The first kappa shape index (κ1) is 16.1. The monoisotopic (exact) mass is 341 g/mol. The quantitative estimate of drug-likeness (QED) is 0.891. The van der Waals surface area contributed by atoms with E-state index in [2.05, 4.69) is 27.9 Å². The Bertz CT molecular complexity index is 792. The Kier molecular flexibility index (Phi) is 4.40. The normalized spacial score (nSPS) is 22.1. The minimum absolute atomic E-state index is 0.222.